The molecule has 7 rings (SSSR count). The summed E-state index contributed by atoms with van der Waals surface area (Å²) in [6, 6.07) is 28.8. The van der Waals surface area contributed by atoms with E-state index in [1.807, 2.05) is 48.5 Å². The van der Waals surface area contributed by atoms with Crippen LogP contribution in [0.15, 0.2) is 91.3 Å². The van der Waals surface area contributed by atoms with E-state index in [1.54, 1.807) is 18.6 Å². The van der Waals surface area contributed by atoms with E-state index in [0.29, 0.717) is 29.5 Å². The lowest BCUT2D eigenvalue weighted by atomic mass is 9.91. The highest BCUT2D eigenvalue weighted by atomic mass is 16.7. The van der Waals surface area contributed by atoms with Crippen molar-refractivity contribution in [3.8, 4) is 5.75 Å². The average Bonchev–Trinajstić information content (AvgIpc) is 3.81. The predicted molar refractivity (Wildman–Crippen MR) is 174 cm³/mol. The van der Waals surface area contributed by atoms with Gasteiger partial charge in [-0.15, -0.1) is 0 Å². The summed E-state index contributed by atoms with van der Waals surface area (Å²) in [5.74, 6) is 2.20. The molecule has 0 aliphatic carbocycles. The summed E-state index contributed by atoms with van der Waals surface area (Å²) in [5, 5.41) is 35.1. The molecule has 2 aliphatic rings. The van der Waals surface area contributed by atoms with Crippen LogP contribution in [0.25, 0.3) is 11.2 Å². The molecule has 238 valence electrons. The molecule has 2 fully saturated rings. The first-order valence-electron chi connectivity index (χ1n) is 15.6. The first kappa shape index (κ1) is 30.1. The van der Waals surface area contributed by atoms with E-state index < -0.39 is 24.2 Å². The van der Waals surface area contributed by atoms with Crippen molar-refractivity contribution >= 4 is 22.9 Å². The number of imidazole rings is 1. The standard InChI is InChI=1S/C35H38N6O5/c1-35(30(43)29(42)33(44)46-35)41-21-37-28-31(36-19-27(23-9-5-3-6-10-23)24-11-7-4-8-12-24)38-34(39-32(28)41)40-18-17-25(20-40)22-13-15-26(45-2)16-14-22/h3-16,21,25,27,29-30,33,42-44H,17-20H2,1-2H3,(H,36,38,39). The Labute approximate surface area is 267 Å². The van der Waals surface area contributed by atoms with Crippen LogP contribution in [-0.2, 0) is 10.5 Å². The molecular formula is C35H38N6O5. The molecule has 11 heteroatoms. The number of aliphatic hydroxyl groups excluding tert-OH is 3. The molecule has 0 saturated carbocycles. The van der Waals surface area contributed by atoms with Crippen LogP contribution in [0.4, 0.5) is 11.8 Å². The highest BCUT2D eigenvalue weighted by Crippen LogP contribution is 2.38. The van der Waals surface area contributed by atoms with Crippen LogP contribution in [0.3, 0.4) is 0 Å². The van der Waals surface area contributed by atoms with Crippen LogP contribution in [0.1, 0.15) is 41.9 Å². The summed E-state index contributed by atoms with van der Waals surface area (Å²) in [5.41, 5.74) is 2.94. The fourth-order valence-corrected chi connectivity index (χ4v) is 6.62. The third-order valence-electron chi connectivity index (χ3n) is 9.32. The summed E-state index contributed by atoms with van der Waals surface area (Å²) >= 11 is 0. The summed E-state index contributed by atoms with van der Waals surface area (Å²) < 4.78 is 12.6. The van der Waals surface area contributed by atoms with Gasteiger partial charge in [0, 0.05) is 31.5 Å². The second-order valence-electron chi connectivity index (χ2n) is 12.1. The second-order valence-corrected chi connectivity index (χ2v) is 12.1. The van der Waals surface area contributed by atoms with Gasteiger partial charge in [-0.05, 0) is 42.2 Å². The Hall–Kier alpha value is -4.55. The Morgan fingerprint density at radius 3 is 2.24 bits per heavy atom. The summed E-state index contributed by atoms with van der Waals surface area (Å²) in [6.45, 7) is 3.61. The van der Waals surface area contributed by atoms with Gasteiger partial charge in [-0.3, -0.25) is 4.57 Å². The third kappa shape index (κ3) is 5.45. The molecule has 3 aromatic carbocycles. The van der Waals surface area contributed by atoms with Gasteiger partial charge in [0.15, 0.2) is 29.0 Å². The molecule has 2 aliphatic heterocycles. The third-order valence-corrected chi connectivity index (χ3v) is 9.32. The molecule has 11 nitrogen and oxygen atoms in total. The van der Waals surface area contributed by atoms with Gasteiger partial charge < -0.3 is 35.0 Å². The van der Waals surface area contributed by atoms with Crippen LogP contribution in [0.5, 0.6) is 5.75 Å². The zero-order chi connectivity index (χ0) is 31.8. The number of hydrogen-bond acceptors (Lipinski definition) is 10. The molecule has 5 aromatic rings. The van der Waals surface area contributed by atoms with Crippen LogP contribution < -0.4 is 15.0 Å². The van der Waals surface area contributed by atoms with Gasteiger partial charge in [-0.25, -0.2) is 4.98 Å². The molecule has 5 unspecified atom stereocenters. The molecule has 2 saturated heterocycles. The molecule has 0 bridgehead atoms. The Kier molecular flexibility index (Phi) is 8.07. The van der Waals surface area contributed by atoms with Crippen LogP contribution in [0.2, 0.25) is 0 Å². The molecule has 2 aromatic heterocycles. The Morgan fingerprint density at radius 1 is 0.957 bits per heavy atom. The summed E-state index contributed by atoms with van der Waals surface area (Å²) in [7, 11) is 1.66. The van der Waals surface area contributed by atoms with Crippen molar-refractivity contribution in [2.24, 2.45) is 0 Å². The minimum absolute atomic E-state index is 0.0342. The van der Waals surface area contributed by atoms with E-state index in [2.05, 4.69) is 51.6 Å². The number of rotatable bonds is 9. The average molecular weight is 623 g/mol. The Bertz CT molecular complexity index is 1750. The van der Waals surface area contributed by atoms with Gasteiger partial charge in [0.25, 0.3) is 0 Å². The number of nitrogens with zero attached hydrogens (tertiary/aromatic N) is 5. The zero-order valence-corrected chi connectivity index (χ0v) is 25.8. The predicted octanol–water partition coefficient (Wildman–Crippen LogP) is 3.82. The van der Waals surface area contributed by atoms with Gasteiger partial charge in [0.1, 0.15) is 18.0 Å². The van der Waals surface area contributed by atoms with Crippen molar-refractivity contribution < 1.29 is 24.8 Å². The number of nitrogens with one attached hydrogen (secondary N) is 1. The fraction of sp³-hybridized carbons (Fsp3) is 0.343. The first-order chi connectivity index (χ1) is 22.4. The van der Waals surface area contributed by atoms with Crippen LogP contribution in [-0.4, -0.2) is 80.1 Å². The molecule has 4 N–H and O–H groups in total. The normalized spacial score (nSPS) is 24.6. The molecule has 0 spiro atoms. The van der Waals surface area contributed by atoms with Crippen molar-refractivity contribution in [3.05, 3.63) is 108 Å². The number of ether oxygens (including phenoxy) is 2. The number of hydrogen-bond donors (Lipinski definition) is 4. The number of aromatic nitrogens is 4. The molecular weight excluding hydrogens is 584 g/mol. The van der Waals surface area contributed by atoms with Gasteiger partial charge >= 0.3 is 0 Å². The lowest BCUT2D eigenvalue weighted by molar-refractivity contribution is -0.186. The number of fused-ring (bicyclic) bond motifs is 1. The maximum absolute atomic E-state index is 10.9. The van der Waals surface area contributed by atoms with Crippen molar-refractivity contribution in [1.29, 1.82) is 0 Å². The summed E-state index contributed by atoms with van der Waals surface area (Å²) in [6.07, 6.45) is -2.02. The number of methoxy groups -OCH3 is 1. The zero-order valence-electron chi connectivity index (χ0n) is 25.8. The second kappa shape index (κ2) is 12.3. The lowest BCUT2D eigenvalue weighted by Crippen LogP contribution is -2.43. The summed E-state index contributed by atoms with van der Waals surface area (Å²) in [4.78, 5) is 16.8. The number of anilines is 2. The van der Waals surface area contributed by atoms with Crippen LogP contribution >= 0.6 is 0 Å². The van der Waals surface area contributed by atoms with Crippen LogP contribution in [0, 0.1) is 0 Å². The largest absolute Gasteiger partial charge is 0.497 e. The number of aliphatic hydroxyl groups is 3. The van der Waals surface area contributed by atoms with E-state index in [-0.39, 0.29) is 11.8 Å². The minimum Gasteiger partial charge on any atom is -0.497 e. The van der Waals surface area contributed by atoms with Gasteiger partial charge in [-0.2, -0.15) is 9.97 Å². The molecule has 0 radical (unpaired) electrons. The maximum atomic E-state index is 10.9. The molecule has 5 atom stereocenters. The smallest absolute Gasteiger partial charge is 0.229 e. The first-order valence-corrected chi connectivity index (χ1v) is 15.6. The van der Waals surface area contributed by atoms with Crippen molar-refractivity contribution in [1.82, 2.24) is 19.5 Å². The number of benzene rings is 3. The van der Waals surface area contributed by atoms with E-state index in [0.717, 1.165) is 36.4 Å². The van der Waals surface area contributed by atoms with Crippen molar-refractivity contribution in [3.63, 3.8) is 0 Å². The monoisotopic (exact) mass is 622 g/mol. The van der Waals surface area contributed by atoms with E-state index in [1.165, 1.54) is 11.9 Å². The highest BCUT2D eigenvalue weighted by Gasteiger charge is 2.53. The SMILES string of the molecule is COc1ccc(C2CCN(c3nc(NCC(c4ccccc4)c4ccccc4)c4ncn(C5(C)OC(O)C(O)C5O)c4n3)C2)cc1. The quantitative estimate of drug-likeness (QED) is 0.192. The van der Waals surface area contributed by atoms with E-state index in [9.17, 15) is 15.3 Å². The van der Waals surface area contributed by atoms with Crippen molar-refractivity contribution in [2.75, 3.05) is 37.0 Å². The van der Waals surface area contributed by atoms with E-state index in [4.69, 9.17) is 19.4 Å². The van der Waals surface area contributed by atoms with Crippen molar-refractivity contribution in [2.45, 2.75) is 49.4 Å². The maximum Gasteiger partial charge on any atom is 0.229 e. The fourth-order valence-electron chi connectivity index (χ4n) is 6.62. The molecule has 0 amide bonds. The van der Waals surface area contributed by atoms with E-state index >= 15 is 0 Å². The highest BCUT2D eigenvalue weighted by molar-refractivity contribution is 5.84. The Morgan fingerprint density at radius 2 is 1.63 bits per heavy atom. The lowest BCUT2D eigenvalue weighted by Gasteiger charge is -2.29. The van der Waals surface area contributed by atoms with Gasteiger partial charge in [-0.1, -0.05) is 72.8 Å². The van der Waals surface area contributed by atoms with Gasteiger partial charge in [0.2, 0.25) is 5.95 Å². The minimum atomic E-state index is -1.56. The molecule has 46 heavy (non-hydrogen) atoms. The Balaban J connectivity index is 1.26. The van der Waals surface area contributed by atoms with Gasteiger partial charge in [0.05, 0.1) is 13.4 Å². The molecule has 4 heterocycles. The topological polar surface area (TPSA) is 138 Å².